The first-order chi connectivity index (χ1) is 17.6. The summed E-state index contributed by atoms with van der Waals surface area (Å²) < 4.78 is 5.29. The molecular weight excluding hydrogens is 452 g/mol. The number of rotatable bonds is 6. The molecule has 8 heteroatoms. The van der Waals surface area contributed by atoms with Crippen molar-refractivity contribution < 1.29 is 9.53 Å². The highest BCUT2D eigenvalue weighted by Gasteiger charge is 2.21. The average molecular weight is 479 g/mol. The summed E-state index contributed by atoms with van der Waals surface area (Å²) in [6.07, 6.45) is 1.77. The maximum atomic E-state index is 12.0. The normalized spacial score (nSPS) is 13.3. The average Bonchev–Trinajstić information content (AvgIpc) is 2.93. The van der Waals surface area contributed by atoms with Gasteiger partial charge in [-0.05, 0) is 35.9 Å². The number of aromatic nitrogens is 2. The molecule has 36 heavy (non-hydrogen) atoms. The second-order valence-corrected chi connectivity index (χ2v) is 8.54. The van der Waals surface area contributed by atoms with Crippen molar-refractivity contribution in [3.05, 3.63) is 72.9 Å². The van der Waals surface area contributed by atoms with E-state index < -0.39 is 0 Å². The molecule has 1 aliphatic heterocycles. The topological polar surface area (TPSA) is 94.4 Å². The minimum absolute atomic E-state index is 0.0641. The van der Waals surface area contributed by atoms with Gasteiger partial charge in [-0.15, -0.1) is 0 Å². The number of benzene rings is 3. The maximum absolute atomic E-state index is 12.0. The molecule has 1 N–H and O–H groups in total. The van der Waals surface area contributed by atoms with Crippen LogP contribution < -0.4 is 15.0 Å². The van der Waals surface area contributed by atoms with Crippen LogP contribution in [0.1, 0.15) is 6.42 Å². The summed E-state index contributed by atoms with van der Waals surface area (Å²) in [6.45, 7) is 2.66. The van der Waals surface area contributed by atoms with Gasteiger partial charge in [-0.2, -0.15) is 5.26 Å². The minimum Gasteiger partial charge on any atom is -0.497 e. The Balaban J connectivity index is 1.35. The Morgan fingerprint density at radius 1 is 1.06 bits per heavy atom. The van der Waals surface area contributed by atoms with Gasteiger partial charge in [-0.1, -0.05) is 36.4 Å². The van der Waals surface area contributed by atoms with Crippen molar-refractivity contribution in [3.8, 4) is 22.9 Å². The van der Waals surface area contributed by atoms with Crippen molar-refractivity contribution in [3.63, 3.8) is 0 Å². The largest absolute Gasteiger partial charge is 0.497 e. The second-order valence-electron chi connectivity index (χ2n) is 8.54. The Morgan fingerprint density at radius 2 is 1.83 bits per heavy atom. The number of fused-ring (bicyclic) bond motifs is 1. The summed E-state index contributed by atoms with van der Waals surface area (Å²) >= 11 is 0. The second kappa shape index (κ2) is 10.3. The number of amides is 1. The third-order valence-electron chi connectivity index (χ3n) is 6.34. The van der Waals surface area contributed by atoms with Gasteiger partial charge in [0.2, 0.25) is 11.9 Å². The van der Waals surface area contributed by atoms with Crippen molar-refractivity contribution in [2.45, 2.75) is 6.42 Å². The molecule has 4 aromatic rings. The first kappa shape index (κ1) is 23.1. The molecule has 1 aromatic heterocycles. The van der Waals surface area contributed by atoms with E-state index in [1.54, 1.807) is 12.0 Å². The Kier molecular flexibility index (Phi) is 6.63. The number of para-hydroxylation sites is 1. The molecule has 0 bridgehead atoms. The molecule has 0 radical (unpaired) electrons. The number of piperazine rings is 1. The Hall–Kier alpha value is -4.64. The fourth-order valence-electron chi connectivity index (χ4n) is 4.42. The number of carbonyl (C=O) groups is 1. The van der Waals surface area contributed by atoms with E-state index in [1.165, 1.54) is 0 Å². The lowest BCUT2D eigenvalue weighted by Gasteiger charge is -2.36. The van der Waals surface area contributed by atoms with Crippen molar-refractivity contribution in [2.75, 3.05) is 43.5 Å². The Morgan fingerprint density at radius 3 is 2.58 bits per heavy atom. The van der Waals surface area contributed by atoms with Crippen LogP contribution in [0.4, 0.5) is 17.3 Å². The molecule has 2 heterocycles. The molecule has 0 aliphatic carbocycles. The van der Waals surface area contributed by atoms with Crippen molar-refractivity contribution >= 4 is 34.1 Å². The fraction of sp³-hybridized carbons (Fsp3) is 0.214. The van der Waals surface area contributed by atoms with Gasteiger partial charge in [0.1, 0.15) is 12.2 Å². The third-order valence-corrected chi connectivity index (χ3v) is 6.34. The smallest absolute Gasteiger partial charge is 0.236 e. The van der Waals surface area contributed by atoms with Gasteiger partial charge < -0.3 is 19.9 Å². The number of ether oxygens (including phenoxy) is 1. The number of hydrogen-bond acceptors (Lipinski definition) is 7. The van der Waals surface area contributed by atoms with Crippen LogP contribution in [0.5, 0.6) is 5.75 Å². The lowest BCUT2D eigenvalue weighted by atomic mass is 10.0. The lowest BCUT2D eigenvalue weighted by Crippen LogP contribution is -2.48. The number of nitrogens with zero attached hydrogens (tertiary/aromatic N) is 5. The van der Waals surface area contributed by atoms with Gasteiger partial charge >= 0.3 is 0 Å². The fourth-order valence-corrected chi connectivity index (χ4v) is 4.42. The summed E-state index contributed by atoms with van der Waals surface area (Å²) in [4.78, 5) is 25.4. The molecule has 1 aliphatic rings. The van der Waals surface area contributed by atoms with Gasteiger partial charge in [-0.3, -0.25) is 4.79 Å². The molecule has 5 rings (SSSR count). The molecular formula is C28H26N6O2. The predicted octanol–water partition coefficient (Wildman–Crippen LogP) is 4.61. The number of methoxy groups -OCH3 is 1. The van der Waals surface area contributed by atoms with E-state index in [0.29, 0.717) is 19.0 Å². The van der Waals surface area contributed by atoms with Crippen LogP contribution in [-0.4, -0.2) is 54.1 Å². The zero-order chi connectivity index (χ0) is 24.9. The molecule has 0 atom stereocenters. The summed E-state index contributed by atoms with van der Waals surface area (Å²) in [5.74, 6) is 1.23. The standard InChI is InChI=1S/C28H26N6O2/c1-36-24-10-8-20(9-11-24)25-7-2-4-21-19-30-28(32-27(21)25)31-22-5-3-6-23(18-22)33-14-16-34(17-15-33)26(35)12-13-29/h2-11,18-19H,12,14-17H2,1H3,(H,30,31,32). The van der Waals surface area contributed by atoms with Crippen LogP contribution in [0, 0.1) is 11.3 Å². The molecule has 0 unspecified atom stereocenters. The Bertz CT molecular complexity index is 1420. The van der Waals surface area contributed by atoms with Crippen LogP contribution in [0.3, 0.4) is 0 Å². The molecule has 3 aromatic carbocycles. The highest BCUT2D eigenvalue weighted by molar-refractivity contribution is 5.94. The molecule has 180 valence electrons. The minimum atomic E-state index is -0.102. The van der Waals surface area contributed by atoms with Gasteiger partial charge in [0, 0.05) is 54.7 Å². The van der Waals surface area contributed by atoms with Crippen LogP contribution in [0.15, 0.2) is 72.9 Å². The number of hydrogen-bond donors (Lipinski definition) is 1. The number of anilines is 3. The zero-order valence-electron chi connectivity index (χ0n) is 20.0. The lowest BCUT2D eigenvalue weighted by molar-refractivity contribution is -0.130. The molecule has 1 fully saturated rings. The molecule has 8 nitrogen and oxygen atoms in total. The Labute approximate surface area is 209 Å². The first-order valence-electron chi connectivity index (χ1n) is 11.8. The van der Waals surface area contributed by atoms with E-state index >= 15 is 0 Å². The summed E-state index contributed by atoms with van der Waals surface area (Å²) in [5, 5.41) is 13.1. The van der Waals surface area contributed by atoms with Gasteiger partial charge in [-0.25, -0.2) is 9.97 Å². The summed E-state index contributed by atoms with van der Waals surface area (Å²) in [5.41, 5.74) is 4.90. The van der Waals surface area contributed by atoms with Crippen LogP contribution in [-0.2, 0) is 4.79 Å². The summed E-state index contributed by atoms with van der Waals surface area (Å²) in [7, 11) is 1.66. The zero-order valence-corrected chi connectivity index (χ0v) is 20.0. The van der Waals surface area contributed by atoms with Crippen molar-refractivity contribution in [1.29, 1.82) is 5.26 Å². The number of nitriles is 1. The molecule has 0 spiro atoms. The van der Waals surface area contributed by atoms with Gasteiger partial charge in [0.05, 0.1) is 18.7 Å². The van der Waals surface area contributed by atoms with Crippen LogP contribution in [0.25, 0.3) is 22.0 Å². The number of nitrogens with one attached hydrogen (secondary N) is 1. The highest BCUT2D eigenvalue weighted by Crippen LogP contribution is 2.30. The SMILES string of the molecule is COc1ccc(-c2cccc3cnc(Nc4cccc(N5CCN(C(=O)CC#N)CC5)c4)nc23)cc1. The van der Waals surface area contributed by atoms with Crippen molar-refractivity contribution in [2.24, 2.45) is 0 Å². The highest BCUT2D eigenvalue weighted by atomic mass is 16.5. The quantitative estimate of drug-likeness (QED) is 0.432. The van der Waals surface area contributed by atoms with Crippen LogP contribution in [0.2, 0.25) is 0 Å². The van der Waals surface area contributed by atoms with Crippen molar-refractivity contribution in [1.82, 2.24) is 14.9 Å². The van der Waals surface area contributed by atoms with E-state index in [-0.39, 0.29) is 12.3 Å². The van der Waals surface area contributed by atoms with Gasteiger partial charge in [0.15, 0.2) is 0 Å². The molecule has 1 saturated heterocycles. The van der Waals surface area contributed by atoms with E-state index in [0.717, 1.165) is 52.2 Å². The van der Waals surface area contributed by atoms with E-state index in [4.69, 9.17) is 15.0 Å². The van der Waals surface area contributed by atoms with Gasteiger partial charge in [0.25, 0.3) is 0 Å². The first-order valence-corrected chi connectivity index (χ1v) is 11.8. The van der Waals surface area contributed by atoms with Crippen LogP contribution >= 0.6 is 0 Å². The number of carbonyl (C=O) groups excluding carboxylic acids is 1. The van der Waals surface area contributed by atoms with E-state index in [1.807, 2.05) is 60.8 Å². The molecule has 0 saturated carbocycles. The van der Waals surface area contributed by atoms with E-state index in [9.17, 15) is 4.79 Å². The summed E-state index contributed by atoms with van der Waals surface area (Å²) in [6, 6.07) is 24.1. The predicted molar refractivity (Wildman–Crippen MR) is 140 cm³/mol. The monoisotopic (exact) mass is 478 g/mol. The van der Waals surface area contributed by atoms with E-state index in [2.05, 4.69) is 33.4 Å². The molecule has 1 amide bonds. The maximum Gasteiger partial charge on any atom is 0.236 e. The third kappa shape index (κ3) is 4.91.